The Kier molecular flexibility index (Phi) is 6.91. The molecule has 7 nitrogen and oxygen atoms in total. The lowest BCUT2D eigenvalue weighted by atomic mass is 10.2. The van der Waals surface area contributed by atoms with E-state index < -0.39 is 0 Å². The van der Waals surface area contributed by atoms with Crippen molar-refractivity contribution >= 4 is 23.5 Å². The number of methoxy groups -OCH3 is 1. The van der Waals surface area contributed by atoms with Crippen LogP contribution in [-0.2, 0) is 9.47 Å². The minimum atomic E-state index is 0.216. The van der Waals surface area contributed by atoms with E-state index in [1.807, 2.05) is 0 Å². The second-order valence-electron chi connectivity index (χ2n) is 4.81. The number of unbranched alkanes of at least 4 members (excludes halogenated alkanes) is 2. The molecular formula is C13H22ClN5O2. The van der Waals surface area contributed by atoms with Crippen LogP contribution >= 0.6 is 11.6 Å². The zero-order valence-electron chi connectivity index (χ0n) is 12.3. The zero-order valence-corrected chi connectivity index (χ0v) is 13.1. The molecule has 0 radical (unpaired) electrons. The Bertz CT molecular complexity index is 429. The number of anilines is 2. The lowest BCUT2D eigenvalue weighted by molar-refractivity contribution is 0.122. The number of ether oxygens (including phenoxy) is 2. The minimum absolute atomic E-state index is 0.216. The van der Waals surface area contributed by atoms with Crippen molar-refractivity contribution in [2.75, 3.05) is 56.8 Å². The largest absolute Gasteiger partial charge is 0.385 e. The van der Waals surface area contributed by atoms with Crippen LogP contribution in [0.4, 0.5) is 11.9 Å². The molecule has 0 aromatic carbocycles. The van der Waals surface area contributed by atoms with Crippen molar-refractivity contribution in [3.63, 3.8) is 0 Å². The van der Waals surface area contributed by atoms with Crippen molar-refractivity contribution in [3.05, 3.63) is 5.28 Å². The molecule has 0 spiro atoms. The van der Waals surface area contributed by atoms with Crippen molar-refractivity contribution in [2.45, 2.75) is 19.3 Å². The van der Waals surface area contributed by atoms with Crippen molar-refractivity contribution in [3.8, 4) is 0 Å². The Morgan fingerprint density at radius 3 is 2.76 bits per heavy atom. The van der Waals surface area contributed by atoms with Crippen molar-refractivity contribution in [1.82, 2.24) is 15.0 Å². The van der Waals surface area contributed by atoms with Gasteiger partial charge in [0.15, 0.2) is 0 Å². The molecule has 1 aromatic rings. The van der Waals surface area contributed by atoms with Crippen LogP contribution in [0.15, 0.2) is 0 Å². The third-order valence-electron chi connectivity index (χ3n) is 3.20. The third-order valence-corrected chi connectivity index (χ3v) is 3.37. The maximum atomic E-state index is 5.97. The van der Waals surface area contributed by atoms with E-state index in [2.05, 4.69) is 25.2 Å². The monoisotopic (exact) mass is 315 g/mol. The van der Waals surface area contributed by atoms with Gasteiger partial charge in [-0.15, -0.1) is 0 Å². The Labute approximate surface area is 130 Å². The molecular weight excluding hydrogens is 294 g/mol. The number of rotatable bonds is 8. The van der Waals surface area contributed by atoms with Crippen molar-refractivity contribution in [2.24, 2.45) is 0 Å². The van der Waals surface area contributed by atoms with E-state index in [0.29, 0.717) is 25.1 Å². The summed E-state index contributed by atoms with van der Waals surface area (Å²) in [6.45, 7) is 4.54. The van der Waals surface area contributed by atoms with E-state index in [9.17, 15) is 0 Å². The van der Waals surface area contributed by atoms with Crippen LogP contribution in [0, 0.1) is 0 Å². The highest BCUT2D eigenvalue weighted by molar-refractivity contribution is 6.28. The highest BCUT2D eigenvalue weighted by Crippen LogP contribution is 2.15. The number of aromatic nitrogens is 3. The predicted octanol–water partition coefficient (Wildman–Crippen LogP) is 1.59. The maximum absolute atomic E-state index is 5.97. The first-order valence-electron chi connectivity index (χ1n) is 7.26. The van der Waals surface area contributed by atoms with Gasteiger partial charge < -0.3 is 19.7 Å². The molecule has 0 atom stereocenters. The number of nitrogens with one attached hydrogen (secondary N) is 1. The Hall–Kier alpha value is -1.18. The van der Waals surface area contributed by atoms with Gasteiger partial charge in [-0.1, -0.05) is 0 Å². The van der Waals surface area contributed by atoms with Gasteiger partial charge in [0.05, 0.1) is 13.2 Å². The van der Waals surface area contributed by atoms with Crippen molar-refractivity contribution in [1.29, 1.82) is 0 Å². The van der Waals surface area contributed by atoms with Gasteiger partial charge in [0.25, 0.3) is 0 Å². The standard InChI is InChI=1S/C13H22ClN5O2/c1-20-8-4-2-3-5-15-12-16-11(14)17-13(18-12)19-6-9-21-10-7-19/h2-10H2,1H3,(H,15,16,17,18). The zero-order chi connectivity index (χ0) is 14.9. The summed E-state index contributed by atoms with van der Waals surface area (Å²) < 4.78 is 10.3. The number of hydrogen-bond donors (Lipinski definition) is 1. The van der Waals surface area contributed by atoms with Gasteiger partial charge in [-0.3, -0.25) is 0 Å². The molecule has 2 heterocycles. The molecule has 1 aliphatic rings. The van der Waals surface area contributed by atoms with Crippen LogP contribution < -0.4 is 10.2 Å². The van der Waals surface area contributed by atoms with Gasteiger partial charge in [-0.25, -0.2) is 0 Å². The van der Waals surface area contributed by atoms with Gasteiger partial charge in [0.1, 0.15) is 0 Å². The van der Waals surface area contributed by atoms with Crippen LogP contribution in [0.3, 0.4) is 0 Å². The SMILES string of the molecule is COCCCCCNc1nc(Cl)nc(N2CCOCC2)n1. The number of halogens is 1. The second kappa shape index (κ2) is 8.96. The molecule has 1 saturated heterocycles. The lowest BCUT2D eigenvalue weighted by Gasteiger charge is -2.26. The summed E-state index contributed by atoms with van der Waals surface area (Å²) in [6.07, 6.45) is 3.21. The minimum Gasteiger partial charge on any atom is -0.385 e. The highest BCUT2D eigenvalue weighted by atomic mass is 35.5. The first-order chi connectivity index (χ1) is 10.3. The summed E-state index contributed by atoms with van der Waals surface area (Å²) in [5.74, 6) is 1.14. The van der Waals surface area contributed by atoms with Crippen LogP contribution in [0.1, 0.15) is 19.3 Å². The summed E-state index contributed by atoms with van der Waals surface area (Å²) in [6, 6.07) is 0. The molecule has 0 unspecified atom stereocenters. The van der Waals surface area contributed by atoms with E-state index in [4.69, 9.17) is 21.1 Å². The molecule has 118 valence electrons. The first-order valence-corrected chi connectivity index (χ1v) is 7.64. The number of morpholine rings is 1. The highest BCUT2D eigenvalue weighted by Gasteiger charge is 2.15. The van der Waals surface area contributed by atoms with Gasteiger partial charge in [-0.2, -0.15) is 15.0 Å². The third kappa shape index (κ3) is 5.61. The molecule has 0 bridgehead atoms. The molecule has 0 saturated carbocycles. The molecule has 21 heavy (non-hydrogen) atoms. The first kappa shape index (κ1) is 16.2. The fourth-order valence-electron chi connectivity index (χ4n) is 2.07. The summed E-state index contributed by atoms with van der Waals surface area (Å²) in [5.41, 5.74) is 0. The van der Waals surface area contributed by atoms with Crippen LogP contribution in [-0.4, -0.2) is 61.5 Å². The van der Waals surface area contributed by atoms with Crippen LogP contribution in [0.2, 0.25) is 5.28 Å². The smallest absolute Gasteiger partial charge is 0.231 e. The molecule has 1 fully saturated rings. The molecule has 1 aliphatic heterocycles. The van der Waals surface area contributed by atoms with E-state index in [1.165, 1.54) is 0 Å². The molecule has 2 rings (SSSR count). The molecule has 0 aliphatic carbocycles. The van der Waals surface area contributed by atoms with Crippen molar-refractivity contribution < 1.29 is 9.47 Å². The average molecular weight is 316 g/mol. The van der Waals surface area contributed by atoms with E-state index in [0.717, 1.165) is 45.5 Å². The maximum Gasteiger partial charge on any atom is 0.231 e. The van der Waals surface area contributed by atoms with Gasteiger partial charge in [-0.05, 0) is 30.9 Å². The van der Waals surface area contributed by atoms with E-state index in [-0.39, 0.29) is 5.28 Å². The molecule has 8 heteroatoms. The number of hydrogen-bond acceptors (Lipinski definition) is 7. The molecule has 0 amide bonds. The average Bonchev–Trinajstić information content (AvgIpc) is 2.51. The van der Waals surface area contributed by atoms with Gasteiger partial charge >= 0.3 is 0 Å². The lowest BCUT2D eigenvalue weighted by Crippen LogP contribution is -2.37. The topological polar surface area (TPSA) is 72.4 Å². The Morgan fingerprint density at radius 2 is 2.00 bits per heavy atom. The van der Waals surface area contributed by atoms with Crippen LogP contribution in [0.5, 0.6) is 0 Å². The quantitative estimate of drug-likeness (QED) is 0.730. The van der Waals surface area contributed by atoms with Crippen LogP contribution in [0.25, 0.3) is 0 Å². The summed E-state index contributed by atoms with van der Waals surface area (Å²) in [7, 11) is 1.72. The summed E-state index contributed by atoms with van der Waals surface area (Å²) >= 11 is 5.97. The van der Waals surface area contributed by atoms with Gasteiger partial charge in [0.2, 0.25) is 17.2 Å². The fourth-order valence-corrected chi connectivity index (χ4v) is 2.23. The molecule has 1 N–H and O–H groups in total. The normalized spacial score (nSPS) is 15.2. The Morgan fingerprint density at radius 1 is 1.19 bits per heavy atom. The summed E-state index contributed by atoms with van der Waals surface area (Å²) in [4.78, 5) is 14.8. The molecule has 1 aromatic heterocycles. The van der Waals surface area contributed by atoms with E-state index >= 15 is 0 Å². The number of nitrogens with zero attached hydrogens (tertiary/aromatic N) is 4. The predicted molar refractivity (Wildman–Crippen MR) is 82.1 cm³/mol. The second-order valence-corrected chi connectivity index (χ2v) is 5.15. The summed E-state index contributed by atoms with van der Waals surface area (Å²) in [5, 5.41) is 3.41. The van der Waals surface area contributed by atoms with Gasteiger partial charge in [0, 0.05) is 33.4 Å². The fraction of sp³-hybridized carbons (Fsp3) is 0.769. The Balaban J connectivity index is 1.83. The van der Waals surface area contributed by atoms with E-state index in [1.54, 1.807) is 7.11 Å².